The van der Waals surface area contributed by atoms with Gasteiger partial charge in [0.15, 0.2) is 17.5 Å². The lowest BCUT2D eigenvalue weighted by atomic mass is 10.0. The van der Waals surface area contributed by atoms with Gasteiger partial charge in [-0.3, -0.25) is 0 Å². The van der Waals surface area contributed by atoms with Crippen molar-refractivity contribution in [3.63, 3.8) is 0 Å². The van der Waals surface area contributed by atoms with Gasteiger partial charge in [0, 0.05) is 44.3 Å². The predicted molar refractivity (Wildman–Crippen MR) is 256 cm³/mol. The molecule has 0 atom stereocenters. The Kier molecular flexibility index (Phi) is 7.54. The molecule has 0 bridgehead atoms. The quantitative estimate of drug-likeness (QED) is 0.174. The fraction of sp³-hybridized carbons (Fsp3) is 0. The first kappa shape index (κ1) is 34.5. The van der Waals surface area contributed by atoms with Crippen molar-refractivity contribution in [3.8, 4) is 51.0 Å². The molecule has 0 aliphatic heterocycles. The van der Waals surface area contributed by atoms with Crippen molar-refractivity contribution < 1.29 is 4.42 Å². The second kappa shape index (κ2) is 13.6. The Morgan fingerprint density at radius 3 is 1.68 bits per heavy atom. The summed E-state index contributed by atoms with van der Waals surface area (Å²) in [4.78, 5) is 16.1. The van der Waals surface area contributed by atoms with Gasteiger partial charge >= 0.3 is 0 Å². The van der Waals surface area contributed by atoms with E-state index < -0.39 is 0 Å². The largest absolute Gasteiger partial charge is 0.456 e. The van der Waals surface area contributed by atoms with Crippen molar-refractivity contribution in [3.05, 3.63) is 206 Å². The van der Waals surface area contributed by atoms with Crippen LogP contribution in [-0.4, -0.2) is 19.5 Å². The second-order valence-electron chi connectivity index (χ2n) is 16.0. The Labute approximate surface area is 355 Å². The van der Waals surface area contributed by atoms with E-state index >= 15 is 0 Å². The molecule has 288 valence electrons. The van der Waals surface area contributed by atoms with Crippen LogP contribution in [0.5, 0.6) is 0 Å². The molecule has 3 heterocycles. The minimum Gasteiger partial charge on any atom is -0.456 e. The van der Waals surface area contributed by atoms with Crippen LogP contribution in [0.15, 0.2) is 211 Å². The summed E-state index contributed by atoms with van der Waals surface area (Å²) in [5.74, 6) is 1.76. The summed E-state index contributed by atoms with van der Waals surface area (Å²) in [7, 11) is 0. The Hall–Kier alpha value is -8.41. The molecule has 0 unspecified atom stereocenters. The maximum Gasteiger partial charge on any atom is 0.164 e. The van der Waals surface area contributed by atoms with Crippen molar-refractivity contribution in [2.45, 2.75) is 0 Å². The molecule has 3 aromatic heterocycles. The van der Waals surface area contributed by atoms with Crippen molar-refractivity contribution in [2.24, 2.45) is 0 Å². The van der Waals surface area contributed by atoms with E-state index in [0.29, 0.717) is 17.5 Å². The van der Waals surface area contributed by atoms with Crippen molar-refractivity contribution in [2.75, 3.05) is 0 Å². The van der Waals surface area contributed by atoms with Crippen LogP contribution in [0, 0.1) is 0 Å². The molecular weight excluding hydrogens is 757 g/mol. The van der Waals surface area contributed by atoms with Crippen LogP contribution < -0.4 is 0 Å². The van der Waals surface area contributed by atoms with Crippen molar-refractivity contribution >= 4 is 76.1 Å². The SMILES string of the molecule is c1ccc(-c2cccc(-c3nc(-c4ccc5ccccc5c4)nc(-c4cc(-n5c6ccccc6c6cc7ccccc7cc65)cc5oc6cc7ccccc7cc6c45)n3)c2)cc1. The van der Waals surface area contributed by atoms with Gasteiger partial charge in [-0.1, -0.05) is 152 Å². The number of hydrogen-bond donors (Lipinski definition) is 0. The lowest BCUT2D eigenvalue weighted by Crippen LogP contribution is -2.02. The molecule has 0 spiro atoms. The van der Waals surface area contributed by atoms with Crippen LogP contribution in [0.4, 0.5) is 0 Å². The monoisotopic (exact) mass is 790 g/mol. The molecule has 13 aromatic rings. The van der Waals surface area contributed by atoms with Crippen LogP contribution in [0.25, 0.3) is 127 Å². The number of fused-ring (bicyclic) bond motifs is 9. The van der Waals surface area contributed by atoms with E-state index in [9.17, 15) is 0 Å². The highest BCUT2D eigenvalue weighted by molar-refractivity contribution is 6.17. The average Bonchev–Trinajstić information content (AvgIpc) is 3.86. The summed E-state index contributed by atoms with van der Waals surface area (Å²) in [6.45, 7) is 0. The van der Waals surface area contributed by atoms with Crippen LogP contribution in [0.2, 0.25) is 0 Å². The predicted octanol–water partition coefficient (Wildman–Crippen LogP) is 15.0. The smallest absolute Gasteiger partial charge is 0.164 e. The molecule has 0 aliphatic carbocycles. The normalized spacial score (nSPS) is 11.9. The van der Waals surface area contributed by atoms with Gasteiger partial charge in [-0.25, -0.2) is 15.0 Å². The summed E-state index contributed by atoms with van der Waals surface area (Å²) < 4.78 is 9.27. The number of rotatable bonds is 5. The second-order valence-corrected chi connectivity index (χ2v) is 16.0. The zero-order valence-electron chi connectivity index (χ0n) is 33.3. The number of benzene rings is 10. The maximum atomic E-state index is 6.91. The van der Waals surface area contributed by atoms with Gasteiger partial charge in [0.2, 0.25) is 0 Å². The highest BCUT2D eigenvalue weighted by atomic mass is 16.3. The fourth-order valence-corrected chi connectivity index (χ4v) is 9.37. The van der Waals surface area contributed by atoms with E-state index in [1.807, 2.05) is 6.07 Å². The van der Waals surface area contributed by atoms with E-state index in [1.165, 1.54) is 21.5 Å². The third kappa shape index (κ3) is 5.52. The maximum absolute atomic E-state index is 6.91. The Bertz CT molecular complexity index is 3940. The molecule has 5 heteroatoms. The molecule has 0 saturated heterocycles. The van der Waals surface area contributed by atoms with Crippen LogP contribution in [0.1, 0.15) is 0 Å². The van der Waals surface area contributed by atoms with Crippen molar-refractivity contribution in [1.82, 2.24) is 19.5 Å². The number of nitrogens with zero attached hydrogens (tertiary/aromatic N) is 4. The standard InChI is InChI=1S/C57H34N4O/c1-2-13-35(14-3-1)38-21-12-22-43(27-38)55-58-56(44-26-25-36-15-4-5-16-37(36)28-44)60-57(59-55)49-33-45(34-53-54(49)48-30-40-18-7-9-20-42(40)32-52(48)62-53)61-50-24-11-10-23-46(50)47-29-39-17-6-8-19-41(39)31-51(47)61/h1-34H. The summed E-state index contributed by atoms with van der Waals surface area (Å²) in [5, 5.41) is 11.3. The number of aromatic nitrogens is 4. The minimum absolute atomic E-state index is 0.567. The van der Waals surface area contributed by atoms with E-state index in [2.05, 4.69) is 205 Å². The average molecular weight is 791 g/mol. The molecule has 0 radical (unpaired) electrons. The van der Waals surface area contributed by atoms with Crippen molar-refractivity contribution in [1.29, 1.82) is 0 Å². The molecule has 0 saturated carbocycles. The first-order valence-electron chi connectivity index (χ1n) is 20.9. The zero-order chi connectivity index (χ0) is 40.7. The van der Waals surface area contributed by atoms with Gasteiger partial charge in [0.1, 0.15) is 11.2 Å². The molecule has 0 fully saturated rings. The van der Waals surface area contributed by atoms with Gasteiger partial charge in [-0.05, 0) is 92.0 Å². The Morgan fingerprint density at radius 1 is 0.323 bits per heavy atom. The van der Waals surface area contributed by atoms with Gasteiger partial charge in [0.05, 0.1) is 16.7 Å². The highest BCUT2D eigenvalue weighted by Crippen LogP contribution is 2.43. The van der Waals surface area contributed by atoms with Crippen LogP contribution >= 0.6 is 0 Å². The molecular formula is C57H34N4O. The minimum atomic E-state index is 0.567. The van der Waals surface area contributed by atoms with E-state index in [4.69, 9.17) is 19.4 Å². The van der Waals surface area contributed by atoms with Crippen LogP contribution in [-0.2, 0) is 0 Å². The van der Waals surface area contributed by atoms with E-state index in [0.717, 1.165) is 88.0 Å². The molecule has 62 heavy (non-hydrogen) atoms. The zero-order valence-corrected chi connectivity index (χ0v) is 33.3. The summed E-state index contributed by atoms with van der Waals surface area (Å²) in [6.07, 6.45) is 0. The number of para-hydroxylation sites is 1. The first-order chi connectivity index (χ1) is 30.7. The van der Waals surface area contributed by atoms with Crippen LogP contribution in [0.3, 0.4) is 0 Å². The summed E-state index contributed by atoms with van der Waals surface area (Å²) >= 11 is 0. The molecule has 0 N–H and O–H groups in total. The van der Waals surface area contributed by atoms with E-state index in [-0.39, 0.29) is 0 Å². The molecule has 10 aromatic carbocycles. The van der Waals surface area contributed by atoms with Gasteiger partial charge < -0.3 is 8.98 Å². The lowest BCUT2D eigenvalue weighted by Gasteiger charge is -2.13. The Balaban J connectivity index is 1.13. The highest BCUT2D eigenvalue weighted by Gasteiger charge is 2.22. The Morgan fingerprint density at radius 2 is 0.903 bits per heavy atom. The molecule has 5 nitrogen and oxygen atoms in total. The van der Waals surface area contributed by atoms with Gasteiger partial charge in [-0.15, -0.1) is 0 Å². The molecule has 13 rings (SSSR count). The summed E-state index contributed by atoms with van der Waals surface area (Å²) in [5.41, 5.74) is 9.65. The lowest BCUT2D eigenvalue weighted by molar-refractivity contribution is 0.669. The topological polar surface area (TPSA) is 56.7 Å². The first-order valence-corrected chi connectivity index (χ1v) is 20.9. The third-order valence-corrected chi connectivity index (χ3v) is 12.3. The fourth-order valence-electron chi connectivity index (χ4n) is 9.37. The summed E-state index contributed by atoms with van der Waals surface area (Å²) in [6, 6.07) is 72.8. The van der Waals surface area contributed by atoms with E-state index in [1.54, 1.807) is 0 Å². The van der Waals surface area contributed by atoms with Gasteiger partial charge in [-0.2, -0.15) is 0 Å². The number of hydrogen-bond acceptors (Lipinski definition) is 4. The van der Waals surface area contributed by atoms with Gasteiger partial charge in [0.25, 0.3) is 0 Å². The molecule has 0 amide bonds. The third-order valence-electron chi connectivity index (χ3n) is 12.3. The molecule has 0 aliphatic rings. The number of furan rings is 1.